The number of carbonyl (C=O) groups excluding carboxylic acids is 1. The molecule has 3 rings (SSSR count). The molecule has 0 radical (unpaired) electrons. The fraction of sp³-hybridized carbons (Fsp3) is 0. The van der Waals surface area contributed by atoms with Crippen LogP contribution in [0.25, 0.3) is 11.0 Å². The third-order valence-electron chi connectivity index (χ3n) is 3.12. The molecule has 2 N–H and O–H groups in total. The van der Waals surface area contributed by atoms with Gasteiger partial charge < -0.3 is 14.5 Å². The first-order chi connectivity index (χ1) is 9.66. The van der Waals surface area contributed by atoms with Crippen LogP contribution in [0.1, 0.15) is 15.9 Å². The SMILES string of the molecule is O=C(c1ccccc1)c1cccc2oc(B(O)O)cc12. The lowest BCUT2D eigenvalue weighted by Gasteiger charge is -2.01. The molecule has 0 aliphatic heterocycles. The molecule has 4 nitrogen and oxygen atoms in total. The standard InChI is InChI=1S/C15H11BO4/c17-15(10-5-2-1-3-6-10)11-7-4-8-13-12(11)9-14(20-13)16(18)19/h1-9,18-19H. The van der Waals surface area contributed by atoms with Crippen LogP contribution in [0.4, 0.5) is 0 Å². The van der Waals surface area contributed by atoms with Crippen LogP contribution < -0.4 is 5.66 Å². The number of fused-ring (bicyclic) bond motifs is 1. The van der Waals surface area contributed by atoms with Crippen LogP contribution >= 0.6 is 0 Å². The molecule has 20 heavy (non-hydrogen) atoms. The van der Waals surface area contributed by atoms with E-state index in [2.05, 4.69) is 0 Å². The van der Waals surface area contributed by atoms with E-state index in [0.29, 0.717) is 22.1 Å². The number of carbonyl (C=O) groups is 1. The van der Waals surface area contributed by atoms with E-state index in [1.54, 1.807) is 42.5 Å². The third-order valence-corrected chi connectivity index (χ3v) is 3.12. The normalized spacial score (nSPS) is 10.7. The van der Waals surface area contributed by atoms with E-state index < -0.39 is 7.12 Å². The molecular weight excluding hydrogens is 255 g/mol. The van der Waals surface area contributed by atoms with E-state index in [0.717, 1.165) is 0 Å². The van der Waals surface area contributed by atoms with Crippen molar-refractivity contribution in [1.29, 1.82) is 0 Å². The summed E-state index contributed by atoms with van der Waals surface area (Å²) in [6.45, 7) is 0. The second-order valence-electron chi connectivity index (χ2n) is 4.43. The lowest BCUT2D eigenvalue weighted by Crippen LogP contribution is -2.27. The summed E-state index contributed by atoms with van der Waals surface area (Å²) in [4.78, 5) is 12.5. The summed E-state index contributed by atoms with van der Waals surface area (Å²) < 4.78 is 5.30. The lowest BCUT2D eigenvalue weighted by molar-refractivity contribution is 0.104. The van der Waals surface area contributed by atoms with Crippen LogP contribution in [0.3, 0.4) is 0 Å². The predicted octanol–water partition coefficient (Wildman–Crippen LogP) is 1.34. The van der Waals surface area contributed by atoms with Gasteiger partial charge in [0.05, 0.1) is 0 Å². The number of rotatable bonds is 3. The summed E-state index contributed by atoms with van der Waals surface area (Å²) in [5.74, 6) is -0.129. The molecule has 0 aliphatic carbocycles. The fourth-order valence-electron chi connectivity index (χ4n) is 2.15. The molecule has 0 atom stereocenters. The van der Waals surface area contributed by atoms with Crippen molar-refractivity contribution < 1.29 is 19.3 Å². The zero-order valence-corrected chi connectivity index (χ0v) is 10.5. The number of furan rings is 1. The van der Waals surface area contributed by atoms with E-state index in [4.69, 9.17) is 14.5 Å². The Balaban J connectivity index is 2.14. The molecular formula is C15H11BO4. The Kier molecular flexibility index (Phi) is 3.14. The minimum absolute atomic E-state index is 0.0216. The number of hydrogen-bond donors (Lipinski definition) is 2. The Morgan fingerprint density at radius 2 is 1.75 bits per heavy atom. The maximum absolute atomic E-state index is 12.5. The van der Waals surface area contributed by atoms with Crippen molar-refractivity contribution in [2.75, 3.05) is 0 Å². The highest BCUT2D eigenvalue weighted by atomic mass is 16.4. The first kappa shape index (κ1) is 12.7. The summed E-state index contributed by atoms with van der Waals surface area (Å²) in [5, 5.41) is 18.9. The Bertz CT molecular complexity index is 762. The quantitative estimate of drug-likeness (QED) is 0.554. The second-order valence-corrected chi connectivity index (χ2v) is 4.43. The van der Waals surface area contributed by atoms with Gasteiger partial charge >= 0.3 is 7.12 Å². The van der Waals surface area contributed by atoms with Gasteiger partial charge in [-0.15, -0.1) is 0 Å². The van der Waals surface area contributed by atoms with Gasteiger partial charge in [0.2, 0.25) is 0 Å². The van der Waals surface area contributed by atoms with Crippen molar-refractivity contribution in [3.8, 4) is 0 Å². The summed E-state index contributed by atoms with van der Waals surface area (Å²) in [6.07, 6.45) is 0. The molecule has 0 bridgehead atoms. The van der Waals surface area contributed by atoms with Gasteiger partial charge in [0.15, 0.2) is 5.78 Å². The molecule has 3 aromatic rings. The predicted molar refractivity (Wildman–Crippen MR) is 75.9 cm³/mol. The number of ketones is 1. The van der Waals surface area contributed by atoms with Crippen molar-refractivity contribution in [3.63, 3.8) is 0 Å². The minimum Gasteiger partial charge on any atom is -0.465 e. The van der Waals surface area contributed by atoms with E-state index in [9.17, 15) is 4.79 Å². The van der Waals surface area contributed by atoms with Crippen LogP contribution in [0.2, 0.25) is 0 Å². The zero-order valence-electron chi connectivity index (χ0n) is 10.5. The van der Waals surface area contributed by atoms with Crippen molar-refractivity contribution in [1.82, 2.24) is 0 Å². The van der Waals surface area contributed by atoms with Crippen molar-refractivity contribution in [2.24, 2.45) is 0 Å². The van der Waals surface area contributed by atoms with Gasteiger partial charge in [-0.1, -0.05) is 42.5 Å². The van der Waals surface area contributed by atoms with E-state index in [1.165, 1.54) is 6.07 Å². The molecule has 0 unspecified atom stereocenters. The average Bonchev–Trinajstić information content (AvgIpc) is 2.91. The summed E-state index contributed by atoms with van der Waals surface area (Å²) in [7, 11) is -1.69. The Morgan fingerprint density at radius 1 is 1.00 bits per heavy atom. The maximum atomic E-state index is 12.5. The molecule has 0 amide bonds. The molecule has 0 saturated carbocycles. The fourth-order valence-corrected chi connectivity index (χ4v) is 2.15. The van der Waals surface area contributed by atoms with Gasteiger partial charge in [0.1, 0.15) is 11.2 Å². The highest BCUT2D eigenvalue weighted by Crippen LogP contribution is 2.21. The van der Waals surface area contributed by atoms with E-state index >= 15 is 0 Å². The summed E-state index contributed by atoms with van der Waals surface area (Å²) >= 11 is 0. The van der Waals surface area contributed by atoms with Crippen LogP contribution in [-0.4, -0.2) is 22.9 Å². The molecule has 1 aromatic heterocycles. The van der Waals surface area contributed by atoms with E-state index in [-0.39, 0.29) is 11.4 Å². The minimum atomic E-state index is -1.69. The Labute approximate surface area is 115 Å². The van der Waals surface area contributed by atoms with E-state index in [1.807, 2.05) is 6.07 Å². The van der Waals surface area contributed by atoms with Crippen LogP contribution in [-0.2, 0) is 0 Å². The summed E-state index contributed by atoms with van der Waals surface area (Å²) in [6, 6.07) is 15.5. The molecule has 0 spiro atoms. The first-order valence-corrected chi connectivity index (χ1v) is 6.15. The molecule has 98 valence electrons. The molecule has 0 aliphatic rings. The lowest BCUT2D eigenvalue weighted by atomic mass is 9.87. The van der Waals surface area contributed by atoms with Crippen LogP contribution in [0.5, 0.6) is 0 Å². The molecule has 0 saturated heterocycles. The van der Waals surface area contributed by atoms with Crippen LogP contribution in [0, 0.1) is 0 Å². The van der Waals surface area contributed by atoms with Crippen LogP contribution in [0.15, 0.2) is 59.0 Å². The van der Waals surface area contributed by atoms with Gasteiger partial charge in [-0.25, -0.2) is 0 Å². The van der Waals surface area contributed by atoms with Gasteiger partial charge in [0, 0.05) is 16.5 Å². The molecule has 0 fully saturated rings. The maximum Gasteiger partial charge on any atom is 0.526 e. The first-order valence-electron chi connectivity index (χ1n) is 6.15. The zero-order chi connectivity index (χ0) is 14.1. The topological polar surface area (TPSA) is 70.7 Å². The third kappa shape index (κ3) is 2.13. The molecule has 2 aromatic carbocycles. The van der Waals surface area contributed by atoms with Gasteiger partial charge in [-0.05, 0) is 12.1 Å². The number of hydrogen-bond acceptors (Lipinski definition) is 4. The van der Waals surface area contributed by atoms with Crippen molar-refractivity contribution in [2.45, 2.75) is 0 Å². The Morgan fingerprint density at radius 3 is 2.45 bits per heavy atom. The highest BCUT2D eigenvalue weighted by molar-refractivity contribution is 6.57. The summed E-state index contributed by atoms with van der Waals surface area (Å²) in [5.41, 5.74) is 1.53. The average molecular weight is 266 g/mol. The largest absolute Gasteiger partial charge is 0.526 e. The molecule has 1 heterocycles. The van der Waals surface area contributed by atoms with Crippen molar-refractivity contribution in [3.05, 3.63) is 65.7 Å². The highest BCUT2D eigenvalue weighted by Gasteiger charge is 2.20. The number of benzene rings is 2. The molecule has 5 heteroatoms. The smallest absolute Gasteiger partial charge is 0.465 e. The van der Waals surface area contributed by atoms with Gasteiger partial charge in [0.25, 0.3) is 0 Å². The monoisotopic (exact) mass is 266 g/mol. The Hall–Kier alpha value is -2.37. The van der Waals surface area contributed by atoms with Gasteiger partial charge in [-0.2, -0.15) is 0 Å². The second kappa shape index (κ2) is 4.96. The van der Waals surface area contributed by atoms with Gasteiger partial charge in [-0.3, -0.25) is 4.79 Å². The van der Waals surface area contributed by atoms with Crippen molar-refractivity contribution >= 4 is 29.5 Å².